The molecule has 86 valence electrons. The first-order valence-corrected chi connectivity index (χ1v) is 5.45. The third-order valence-electron chi connectivity index (χ3n) is 2.74. The second kappa shape index (κ2) is 4.83. The maximum Gasteiger partial charge on any atom is 0.150 e. The number of carbonyl (C=O) groups excluding carboxylic acids is 1. The lowest BCUT2D eigenvalue weighted by Gasteiger charge is -2.07. The lowest BCUT2D eigenvalue weighted by Crippen LogP contribution is -1.89. The van der Waals surface area contributed by atoms with E-state index in [1.165, 1.54) is 0 Å². The lowest BCUT2D eigenvalue weighted by molar-refractivity contribution is 0.112. The van der Waals surface area contributed by atoms with E-state index in [1.54, 1.807) is 7.11 Å². The zero-order chi connectivity index (χ0) is 12.3. The summed E-state index contributed by atoms with van der Waals surface area (Å²) in [5.41, 5.74) is 3.78. The zero-order valence-corrected chi connectivity index (χ0v) is 9.94. The number of aldehydes is 1. The fourth-order valence-electron chi connectivity index (χ4n) is 1.81. The molecule has 0 amide bonds. The third kappa shape index (κ3) is 2.36. The third-order valence-corrected chi connectivity index (χ3v) is 2.74. The predicted molar refractivity (Wildman–Crippen MR) is 68.6 cm³/mol. The van der Waals surface area contributed by atoms with E-state index >= 15 is 0 Å². The predicted octanol–water partition coefficient (Wildman–Crippen LogP) is 3.48. The Bertz CT molecular complexity index is 527. The van der Waals surface area contributed by atoms with Crippen LogP contribution >= 0.6 is 0 Å². The molecule has 0 radical (unpaired) electrons. The highest BCUT2D eigenvalue weighted by Gasteiger charge is 2.04. The quantitative estimate of drug-likeness (QED) is 0.749. The number of ether oxygens (including phenoxy) is 1. The molecule has 17 heavy (non-hydrogen) atoms. The van der Waals surface area contributed by atoms with Crippen LogP contribution in [-0.4, -0.2) is 13.4 Å². The number of methoxy groups -OCH3 is 1. The Morgan fingerprint density at radius 2 is 1.76 bits per heavy atom. The highest BCUT2D eigenvalue weighted by molar-refractivity contribution is 5.87. The summed E-state index contributed by atoms with van der Waals surface area (Å²) in [5.74, 6) is 0.813. The van der Waals surface area contributed by atoms with E-state index in [2.05, 4.69) is 0 Å². The topological polar surface area (TPSA) is 26.3 Å². The van der Waals surface area contributed by atoms with Crippen molar-refractivity contribution in [1.82, 2.24) is 0 Å². The molecule has 0 heterocycles. The van der Waals surface area contributed by atoms with Crippen molar-refractivity contribution in [1.29, 1.82) is 0 Å². The number of rotatable bonds is 3. The number of hydrogen-bond acceptors (Lipinski definition) is 2. The van der Waals surface area contributed by atoms with Crippen LogP contribution < -0.4 is 4.74 Å². The van der Waals surface area contributed by atoms with Crippen LogP contribution in [0.3, 0.4) is 0 Å². The normalized spacial score (nSPS) is 10.0. The van der Waals surface area contributed by atoms with Gasteiger partial charge in [0.2, 0.25) is 0 Å². The molecule has 0 unspecified atom stereocenters. The van der Waals surface area contributed by atoms with Crippen molar-refractivity contribution in [2.75, 3.05) is 7.11 Å². The van der Waals surface area contributed by atoms with Gasteiger partial charge in [0, 0.05) is 5.56 Å². The van der Waals surface area contributed by atoms with Crippen molar-refractivity contribution in [3.8, 4) is 16.9 Å². The van der Waals surface area contributed by atoms with Gasteiger partial charge in [0.1, 0.15) is 5.75 Å². The Labute approximate surface area is 101 Å². The molecular formula is C15H14O2. The molecule has 0 saturated carbocycles. The summed E-state index contributed by atoms with van der Waals surface area (Å²) < 4.78 is 5.11. The van der Waals surface area contributed by atoms with E-state index in [0.29, 0.717) is 0 Å². The Morgan fingerprint density at radius 1 is 1.06 bits per heavy atom. The second-order valence-corrected chi connectivity index (χ2v) is 3.94. The number of benzene rings is 2. The molecule has 2 aromatic rings. The Hall–Kier alpha value is -2.09. The van der Waals surface area contributed by atoms with E-state index in [9.17, 15) is 4.79 Å². The minimum atomic E-state index is 0.718. The Morgan fingerprint density at radius 3 is 2.35 bits per heavy atom. The van der Waals surface area contributed by atoms with E-state index in [-0.39, 0.29) is 0 Å². The minimum absolute atomic E-state index is 0.718. The average molecular weight is 226 g/mol. The molecule has 0 bridgehead atoms. The molecule has 0 aliphatic rings. The number of carbonyl (C=O) groups is 1. The highest BCUT2D eigenvalue weighted by atomic mass is 16.5. The van der Waals surface area contributed by atoms with Crippen LogP contribution in [0, 0.1) is 6.92 Å². The first-order valence-electron chi connectivity index (χ1n) is 5.45. The molecule has 2 nitrogen and oxygen atoms in total. The summed E-state index contributed by atoms with van der Waals surface area (Å²) >= 11 is 0. The van der Waals surface area contributed by atoms with Gasteiger partial charge in [-0.15, -0.1) is 0 Å². The fourth-order valence-corrected chi connectivity index (χ4v) is 1.81. The molecule has 0 spiro atoms. The highest BCUT2D eigenvalue weighted by Crippen LogP contribution is 2.25. The van der Waals surface area contributed by atoms with Gasteiger partial charge >= 0.3 is 0 Å². The first-order chi connectivity index (χ1) is 8.24. The van der Waals surface area contributed by atoms with E-state index < -0.39 is 0 Å². The van der Waals surface area contributed by atoms with Gasteiger partial charge in [-0.25, -0.2) is 0 Å². The van der Waals surface area contributed by atoms with Crippen molar-refractivity contribution < 1.29 is 9.53 Å². The lowest BCUT2D eigenvalue weighted by atomic mass is 9.98. The Balaban J connectivity index is 2.48. The van der Waals surface area contributed by atoms with E-state index in [0.717, 1.165) is 34.3 Å². The van der Waals surface area contributed by atoms with Crippen molar-refractivity contribution in [2.45, 2.75) is 6.92 Å². The van der Waals surface area contributed by atoms with Crippen molar-refractivity contribution in [2.24, 2.45) is 0 Å². The number of hydrogen-bond donors (Lipinski definition) is 0. The molecule has 0 saturated heterocycles. The van der Waals surface area contributed by atoms with Gasteiger partial charge in [-0.1, -0.05) is 29.8 Å². The molecule has 2 heteroatoms. The van der Waals surface area contributed by atoms with Gasteiger partial charge in [0.05, 0.1) is 7.11 Å². The van der Waals surface area contributed by atoms with Crippen LogP contribution in [0.5, 0.6) is 5.75 Å². The molecule has 0 aliphatic heterocycles. The van der Waals surface area contributed by atoms with Crippen molar-refractivity contribution in [3.63, 3.8) is 0 Å². The molecule has 2 aromatic carbocycles. The second-order valence-electron chi connectivity index (χ2n) is 3.94. The van der Waals surface area contributed by atoms with Gasteiger partial charge in [0.15, 0.2) is 6.29 Å². The smallest absolute Gasteiger partial charge is 0.150 e. The maximum atomic E-state index is 11.1. The Kier molecular flexibility index (Phi) is 3.24. The molecule has 0 atom stereocenters. The summed E-state index contributed by atoms with van der Waals surface area (Å²) in [5, 5.41) is 0. The fraction of sp³-hybridized carbons (Fsp3) is 0.133. The molecular weight excluding hydrogens is 212 g/mol. The van der Waals surface area contributed by atoms with Gasteiger partial charge in [-0.05, 0) is 36.2 Å². The summed E-state index contributed by atoms with van der Waals surface area (Å²) in [4.78, 5) is 11.1. The molecule has 0 aromatic heterocycles. The molecule has 2 rings (SSSR count). The summed E-state index contributed by atoms with van der Waals surface area (Å²) in [6, 6.07) is 13.6. The average Bonchev–Trinajstić information content (AvgIpc) is 2.39. The largest absolute Gasteiger partial charge is 0.497 e. The van der Waals surface area contributed by atoms with E-state index in [1.807, 2.05) is 49.4 Å². The van der Waals surface area contributed by atoms with Crippen LogP contribution in [0.4, 0.5) is 0 Å². The molecule has 0 aliphatic carbocycles. The monoisotopic (exact) mass is 226 g/mol. The van der Waals surface area contributed by atoms with Crippen LogP contribution in [0.15, 0.2) is 42.5 Å². The first kappa shape index (κ1) is 11.4. The molecule has 0 N–H and O–H groups in total. The van der Waals surface area contributed by atoms with Gasteiger partial charge < -0.3 is 4.74 Å². The van der Waals surface area contributed by atoms with Crippen LogP contribution in [0.25, 0.3) is 11.1 Å². The van der Waals surface area contributed by atoms with Crippen molar-refractivity contribution in [3.05, 3.63) is 53.6 Å². The maximum absolute atomic E-state index is 11.1. The van der Waals surface area contributed by atoms with Gasteiger partial charge in [-0.3, -0.25) is 4.79 Å². The SMILES string of the molecule is COc1ccc(-c2ccc(C)cc2C=O)cc1. The van der Waals surface area contributed by atoms with Gasteiger partial charge in [0.25, 0.3) is 0 Å². The standard InChI is InChI=1S/C15H14O2/c1-11-3-8-15(13(9-11)10-16)12-4-6-14(17-2)7-5-12/h3-10H,1-2H3. The van der Waals surface area contributed by atoms with Gasteiger partial charge in [-0.2, -0.15) is 0 Å². The van der Waals surface area contributed by atoms with Crippen LogP contribution in [0.1, 0.15) is 15.9 Å². The summed E-state index contributed by atoms with van der Waals surface area (Å²) in [6.45, 7) is 1.98. The minimum Gasteiger partial charge on any atom is -0.497 e. The van der Waals surface area contributed by atoms with Crippen LogP contribution in [-0.2, 0) is 0 Å². The zero-order valence-electron chi connectivity index (χ0n) is 9.94. The number of aryl methyl sites for hydroxylation is 1. The van der Waals surface area contributed by atoms with E-state index in [4.69, 9.17) is 4.74 Å². The summed E-state index contributed by atoms with van der Waals surface area (Å²) in [6.07, 6.45) is 0.895. The summed E-state index contributed by atoms with van der Waals surface area (Å²) in [7, 11) is 1.64. The van der Waals surface area contributed by atoms with Crippen molar-refractivity contribution >= 4 is 6.29 Å². The molecule has 0 fully saturated rings. The van der Waals surface area contributed by atoms with Crippen LogP contribution in [0.2, 0.25) is 0 Å².